The molecule has 0 aliphatic rings. The number of benzene rings is 1. The highest BCUT2D eigenvalue weighted by atomic mass is 35.5. The number of phenols is 1. The molecule has 0 aromatic heterocycles. The minimum Gasteiger partial charge on any atom is -0.506 e. The minimum absolute atomic E-state index is 0.0277. The molecule has 1 aromatic carbocycles. The first-order chi connectivity index (χ1) is 8.79. The summed E-state index contributed by atoms with van der Waals surface area (Å²) in [5, 5.41) is 11.7. The number of alkyl halides is 3. The van der Waals surface area contributed by atoms with E-state index in [9.17, 15) is 23.1 Å². The third-order valence-electron chi connectivity index (χ3n) is 2.38. The van der Waals surface area contributed by atoms with Gasteiger partial charge in [0.15, 0.2) is 0 Å². The lowest BCUT2D eigenvalue weighted by Gasteiger charge is -2.07. The van der Waals surface area contributed by atoms with Gasteiger partial charge in [-0.25, -0.2) is 0 Å². The van der Waals surface area contributed by atoms with Crippen molar-refractivity contribution in [2.75, 3.05) is 6.54 Å². The number of halogens is 4. The molecule has 0 heterocycles. The van der Waals surface area contributed by atoms with Crippen molar-refractivity contribution in [1.82, 2.24) is 5.32 Å². The maximum Gasteiger partial charge on any atom is 0.389 e. The number of phenolic OH excluding ortho intramolecular Hbond substituents is 1. The summed E-state index contributed by atoms with van der Waals surface area (Å²) >= 11 is 5.64. The zero-order valence-electron chi connectivity index (χ0n) is 9.93. The largest absolute Gasteiger partial charge is 0.506 e. The lowest BCUT2D eigenvalue weighted by Crippen LogP contribution is -2.24. The summed E-state index contributed by atoms with van der Waals surface area (Å²) in [6.45, 7) is 0.160. The van der Waals surface area contributed by atoms with Crippen LogP contribution in [-0.4, -0.2) is 23.7 Å². The number of carbonyl (C=O) groups excluding carboxylic acids is 1. The van der Waals surface area contributed by atoms with Gasteiger partial charge < -0.3 is 10.4 Å². The molecule has 1 aromatic rings. The number of nitrogens with one attached hydrogen (secondary N) is 1. The fourth-order valence-electron chi connectivity index (χ4n) is 1.40. The van der Waals surface area contributed by atoms with E-state index in [0.29, 0.717) is 0 Å². The Kier molecular flexibility index (Phi) is 5.47. The second-order valence-corrected chi connectivity index (χ2v) is 4.40. The number of carbonyl (C=O) groups is 1. The first-order valence-electron chi connectivity index (χ1n) is 5.63. The van der Waals surface area contributed by atoms with E-state index in [1.807, 2.05) is 0 Å². The van der Waals surface area contributed by atoms with Gasteiger partial charge >= 0.3 is 6.18 Å². The molecular weight excluding hydrogens is 283 g/mol. The fraction of sp³-hybridized carbons (Fsp3) is 0.417. The van der Waals surface area contributed by atoms with E-state index in [-0.39, 0.29) is 35.7 Å². The Hall–Kier alpha value is -1.43. The lowest BCUT2D eigenvalue weighted by molar-refractivity contribution is -0.135. The van der Waals surface area contributed by atoms with Gasteiger partial charge in [0.25, 0.3) is 5.91 Å². The fourth-order valence-corrected chi connectivity index (χ4v) is 1.58. The molecule has 1 amide bonds. The molecule has 106 valence electrons. The average molecular weight is 296 g/mol. The van der Waals surface area contributed by atoms with Crippen molar-refractivity contribution < 1.29 is 23.1 Å². The van der Waals surface area contributed by atoms with Gasteiger partial charge in [-0.2, -0.15) is 13.2 Å². The monoisotopic (exact) mass is 295 g/mol. The number of amides is 1. The topological polar surface area (TPSA) is 49.3 Å². The van der Waals surface area contributed by atoms with Crippen LogP contribution in [-0.2, 0) is 0 Å². The van der Waals surface area contributed by atoms with Gasteiger partial charge in [-0.3, -0.25) is 4.79 Å². The number of unbranched alkanes of at least 4 members (excludes halogenated alkanes) is 1. The Bertz CT molecular complexity index is 449. The average Bonchev–Trinajstić information content (AvgIpc) is 2.30. The van der Waals surface area contributed by atoms with Crippen molar-refractivity contribution in [3.63, 3.8) is 0 Å². The number of hydrogen-bond donors (Lipinski definition) is 2. The predicted molar refractivity (Wildman–Crippen MR) is 65.4 cm³/mol. The summed E-state index contributed by atoms with van der Waals surface area (Å²) in [5.41, 5.74) is 0.249. The van der Waals surface area contributed by atoms with Crippen molar-refractivity contribution in [1.29, 1.82) is 0 Å². The van der Waals surface area contributed by atoms with E-state index in [2.05, 4.69) is 5.32 Å². The Labute approximate surface area is 113 Å². The van der Waals surface area contributed by atoms with Crippen LogP contribution in [0.1, 0.15) is 29.6 Å². The summed E-state index contributed by atoms with van der Waals surface area (Å²) in [5.74, 6) is -0.572. The molecule has 0 fully saturated rings. The van der Waals surface area contributed by atoms with Gasteiger partial charge in [-0.15, -0.1) is 0 Å². The van der Waals surface area contributed by atoms with Crippen molar-refractivity contribution >= 4 is 17.5 Å². The summed E-state index contributed by atoms with van der Waals surface area (Å²) in [4.78, 5) is 11.6. The maximum absolute atomic E-state index is 11.9. The maximum atomic E-state index is 11.9. The van der Waals surface area contributed by atoms with Gasteiger partial charge in [0.05, 0.1) is 5.02 Å². The molecule has 0 aliphatic heterocycles. The highest BCUT2D eigenvalue weighted by Crippen LogP contribution is 2.24. The number of aromatic hydroxyl groups is 1. The van der Waals surface area contributed by atoms with Crippen molar-refractivity contribution in [3.05, 3.63) is 28.8 Å². The van der Waals surface area contributed by atoms with E-state index >= 15 is 0 Å². The molecule has 0 unspecified atom stereocenters. The van der Waals surface area contributed by atoms with Gasteiger partial charge in [0, 0.05) is 18.5 Å². The third-order valence-corrected chi connectivity index (χ3v) is 2.69. The molecule has 0 aliphatic carbocycles. The minimum atomic E-state index is -4.16. The first kappa shape index (κ1) is 15.6. The molecule has 2 N–H and O–H groups in total. The molecule has 0 spiro atoms. The summed E-state index contributed by atoms with van der Waals surface area (Å²) in [7, 11) is 0. The summed E-state index contributed by atoms with van der Waals surface area (Å²) in [6.07, 6.45) is -4.79. The second kappa shape index (κ2) is 6.65. The summed E-state index contributed by atoms with van der Waals surface area (Å²) < 4.78 is 35.6. The quantitative estimate of drug-likeness (QED) is 0.817. The van der Waals surface area contributed by atoms with E-state index in [0.717, 1.165) is 0 Å². The van der Waals surface area contributed by atoms with Gasteiger partial charge in [-0.05, 0) is 31.0 Å². The van der Waals surface area contributed by atoms with Gasteiger partial charge in [0.2, 0.25) is 0 Å². The number of rotatable bonds is 5. The van der Waals surface area contributed by atoms with Crippen molar-refractivity contribution in [2.45, 2.75) is 25.4 Å². The van der Waals surface area contributed by atoms with E-state index < -0.39 is 18.5 Å². The van der Waals surface area contributed by atoms with Crippen LogP contribution in [0.15, 0.2) is 18.2 Å². The molecule has 7 heteroatoms. The van der Waals surface area contributed by atoms with Crippen LogP contribution in [0.5, 0.6) is 5.75 Å². The Balaban J connectivity index is 2.33. The standard InChI is InChI=1S/C12H13ClF3NO2/c13-9-7-8(3-4-10(9)18)11(19)17-6-2-1-5-12(14,15)16/h3-4,7,18H,1-2,5-6H2,(H,17,19). The predicted octanol–water partition coefficient (Wildman–Crippen LogP) is 3.51. The van der Waals surface area contributed by atoms with E-state index in [1.54, 1.807) is 0 Å². The SMILES string of the molecule is O=C(NCCCCC(F)(F)F)c1ccc(O)c(Cl)c1. The molecule has 0 radical (unpaired) electrons. The third kappa shape index (κ3) is 5.83. The van der Waals surface area contributed by atoms with Crippen LogP contribution in [0.4, 0.5) is 13.2 Å². The van der Waals surface area contributed by atoms with Crippen LogP contribution in [0.2, 0.25) is 5.02 Å². The molecule has 0 saturated carbocycles. The molecule has 1 rings (SSSR count). The lowest BCUT2D eigenvalue weighted by atomic mass is 10.2. The van der Waals surface area contributed by atoms with Crippen LogP contribution in [0.3, 0.4) is 0 Å². The smallest absolute Gasteiger partial charge is 0.389 e. The second-order valence-electron chi connectivity index (χ2n) is 3.99. The number of hydrogen-bond acceptors (Lipinski definition) is 2. The molecule has 3 nitrogen and oxygen atoms in total. The highest BCUT2D eigenvalue weighted by Gasteiger charge is 2.25. The normalized spacial score (nSPS) is 11.4. The van der Waals surface area contributed by atoms with Crippen LogP contribution in [0, 0.1) is 0 Å². The summed E-state index contributed by atoms with van der Waals surface area (Å²) in [6, 6.07) is 3.95. The molecule has 19 heavy (non-hydrogen) atoms. The van der Waals surface area contributed by atoms with Crippen LogP contribution >= 0.6 is 11.6 Å². The highest BCUT2D eigenvalue weighted by molar-refractivity contribution is 6.32. The van der Waals surface area contributed by atoms with Crippen LogP contribution in [0.25, 0.3) is 0 Å². The molecule has 0 atom stereocenters. The Morgan fingerprint density at radius 3 is 2.58 bits per heavy atom. The Morgan fingerprint density at radius 1 is 1.32 bits per heavy atom. The molecular formula is C12H13ClF3NO2. The van der Waals surface area contributed by atoms with Crippen LogP contribution < -0.4 is 5.32 Å². The zero-order valence-corrected chi connectivity index (χ0v) is 10.7. The van der Waals surface area contributed by atoms with Crippen molar-refractivity contribution in [2.24, 2.45) is 0 Å². The van der Waals surface area contributed by atoms with Crippen molar-refractivity contribution in [3.8, 4) is 5.75 Å². The van der Waals surface area contributed by atoms with E-state index in [1.165, 1.54) is 18.2 Å². The molecule has 0 bridgehead atoms. The van der Waals surface area contributed by atoms with E-state index in [4.69, 9.17) is 11.6 Å². The zero-order chi connectivity index (χ0) is 14.5. The molecule has 0 saturated heterocycles. The Morgan fingerprint density at radius 2 is 2.00 bits per heavy atom. The van der Waals surface area contributed by atoms with Gasteiger partial charge in [-0.1, -0.05) is 11.6 Å². The first-order valence-corrected chi connectivity index (χ1v) is 6.01. The van der Waals surface area contributed by atoms with Gasteiger partial charge in [0.1, 0.15) is 5.75 Å².